The van der Waals surface area contributed by atoms with Crippen molar-refractivity contribution in [1.82, 2.24) is 10.6 Å². The smallest absolute Gasteiger partial charge is 0.338 e. The van der Waals surface area contributed by atoms with E-state index in [9.17, 15) is 9.59 Å². The van der Waals surface area contributed by atoms with E-state index < -0.39 is 12.0 Å². The van der Waals surface area contributed by atoms with Crippen LogP contribution in [0.4, 0.5) is 4.79 Å². The van der Waals surface area contributed by atoms with Gasteiger partial charge >= 0.3 is 12.0 Å². The molecule has 2 aromatic carbocycles. The molecule has 1 atom stereocenters. The second-order valence-electron chi connectivity index (χ2n) is 6.78. The maximum Gasteiger partial charge on any atom is 0.338 e. The van der Waals surface area contributed by atoms with E-state index in [4.69, 9.17) is 14.2 Å². The number of esters is 1. The molecule has 0 saturated heterocycles. The summed E-state index contributed by atoms with van der Waals surface area (Å²) >= 11 is 0. The van der Waals surface area contributed by atoms with E-state index >= 15 is 0 Å². The summed E-state index contributed by atoms with van der Waals surface area (Å²) in [6.45, 7) is 4.16. The van der Waals surface area contributed by atoms with Crippen molar-refractivity contribution in [2.24, 2.45) is 0 Å². The molecule has 0 saturated carbocycles. The van der Waals surface area contributed by atoms with Crippen LogP contribution in [0.1, 0.15) is 31.0 Å². The normalized spacial score (nSPS) is 15.8. The molecule has 7 heteroatoms. The van der Waals surface area contributed by atoms with Crippen molar-refractivity contribution in [3.05, 3.63) is 70.9 Å². The number of hydrogen-bond donors (Lipinski definition) is 2. The van der Waals surface area contributed by atoms with Crippen LogP contribution in [-0.2, 0) is 16.0 Å². The minimum Gasteiger partial charge on any atom is -0.493 e. The molecule has 0 aromatic heterocycles. The summed E-state index contributed by atoms with van der Waals surface area (Å²) in [4.78, 5) is 24.5. The van der Waals surface area contributed by atoms with E-state index in [2.05, 4.69) is 22.8 Å². The fourth-order valence-electron chi connectivity index (χ4n) is 3.33. The summed E-state index contributed by atoms with van der Waals surface area (Å²) < 4.78 is 16.6. The fraction of sp³-hybridized carbons (Fsp3) is 0.304. The number of rotatable bonds is 8. The van der Waals surface area contributed by atoms with Gasteiger partial charge in [-0.2, -0.15) is 0 Å². The second-order valence-corrected chi connectivity index (χ2v) is 6.78. The molecule has 0 radical (unpaired) electrons. The van der Waals surface area contributed by atoms with Gasteiger partial charge in [0.15, 0.2) is 11.5 Å². The molecule has 158 valence electrons. The number of ether oxygens (including phenoxy) is 3. The molecule has 0 unspecified atom stereocenters. The van der Waals surface area contributed by atoms with Crippen molar-refractivity contribution < 1.29 is 23.8 Å². The lowest BCUT2D eigenvalue weighted by atomic mass is 9.95. The predicted octanol–water partition coefficient (Wildman–Crippen LogP) is 3.51. The van der Waals surface area contributed by atoms with E-state index in [0.717, 1.165) is 6.42 Å². The van der Waals surface area contributed by atoms with Gasteiger partial charge in [0.2, 0.25) is 0 Å². The van der Waals surface area contributed by atoms with Crippen LogP contribution < -0.4 is 20.1 Å². The summed E-state index contributed by atoms with van der Waals surface area (Å²) in [5, 5.41) is 5.41. The number of nitrogens with one attached hydrogen (secondary N) is 2. The molecule has 2 amide bonds. The monoisotopic (exact) mass is 410 g/mol. The topological polar surface area (TPSA) is 85.9 Å². The number of benzene rings is 2. The minimum atomic E-state index is -0.648. The lowest BCUT2D eigenvalue weighted by Crippen LogP contribution is -2.45. The van der Waals surface area contributed by atoms with Gasteiger partial charge in [0.05, 0.1) is 31.9 Å². The molecule has 0 spiro atoms. The Labute approximate surface area is 176 Å². The summed E-state index contributed by atoms with van der Waals surface area (Å²) in [7, 11) is 1.55. The first-order valence-corrected chi connectivity index (χ1v) is 9.83. The molecule has 30 heavy (non-hydrogen) atoms. The molecule has 0 bridgehead atoms. The Bertz CT molecular complexity index is 940. The average molecular weight is 410 g/mol. The highest BCUT2D eigenvalue weighted by Crippen LogP contribution is 2.34. The van der Waals surface area contributed by atoms with E-state index in [-0.39, 0.29) is 12.6 Å². The largest absolute Gasteiger partial charge is 0.493 e. The first-order valence-electron chi connectivity index (χ1n) is 9.83. The summed E-state index contributed by atoms with van der Waals surface area (Å²) in [6.07, 6.45) is 0.769. The van der Waals surface area contributed by atoms with Crippen LogP contribution in [0, 0.1) is 0 Å². The van der Waals surface area contributed by atoms with Gasteiger partial charge in [-0.1, -0.05) is 36.4 Å². The van der Waals surface area contributed by atoms with Gasteiger partial charge in [-0.05, 0) is 37.1 Å². The van der Waals surface area contributed by atoms with Crippen LogP contribution >= 0.6 is 0 Å². The van der Waals surface area contributed by atoms with E-state index in [1.165, 1.54) is 5.56 Å². The third-order valence-electron chi connectivity index (χ3n) is 4.78. The van der Waals surface area contributed by atoms with Crippen LogP contribution in [0.3, 0.4) is 0 Å². The van der Waals surface area contributed by atoms with Gasteiger partial charge in [-0.15, -0.1) is 0 Å². The summed E-state index contributed by atoms with van der Waals surface area (Å²) in [5.41, 5.74) is 2.70. The zero-order valence-corrected chi connectivity index (χ0v) is 17.4. The predicted molar refractivity (Wildman–Crippen MR) is 112 cm³/mol. The third kappa shape index (κ3) is 4.92. The van der Waals surface area contributed by atoms with Crippen molar-refractivity contribution in [2.75, 3.05) is 20.3 Å². The number of allylic oxidation sites excluding steroid dienone is 1. The highest BCUT2D eigenvalue weighted by molar-refractivity contribution is 5.95. The van der Waals surface area contributed by atoms with Gasteiger partial charge in [0.1, 0.15) is 0 Å². The number of urea groups is 1. The number of carbonyl (C=O) groups is 2. The summed E-state index contributed by atoms with van der Waals surface area (Å²) in [6, 6.07) is 14.4. The van der Waals surface area contributed by atoms with Gasteiger partial charge in [0.25, 0.3) is 0 Å². The van der Waals surface area contributed by atoms with Gasteiger partial charge in [-0.25, -0.2) is 9.59 Å². The molecule has 3 rings (SSSR count). The molecule has 1 aliphatic rings. The Kier molecular flexibility index (Phi) is 6.95. The van der Waals surface area contributed by atoms with Crippen LogP contribution in [-0.4, -0.2) is 32.3 Å². The van der Waals surface area contributed by atoms with Crippen molar-refractivity contribution in [1.29, 1.82) is 0 Å². The molecular weight excluding hydrogens is 384 g/mol. The Balaban J connectivity index is 1.80. The Morgan fingerprint density at radius 3 is 2.57 bits per heavy atom. The second kappa shape index (κ2) is 9.82. The quantitative estimate of drug-likeness (QED) is 0.651. The van der Waals surface area contributed by atoms with E-state index in [1.54, 1.807) is 33.1 Å². The zero-order chi connectivity index (χ0) is 21.5. The molecule has 0 aliphatic carbocycles. The summed E-state index contributed by atoms with van der Waals surface area (Å²) in [5.74, 6) is 0.639. The van der Waals surface area contributed by atoms with Crippen LogP contribution in [0.25, 0.3) is 0 Å². The number of amides is 2. The molecule has 0 fully saturated rings. The molecule has 7 nitrogen and oxygen atoms in total. The van der Waals surface area contributed by atoms with Crippen LogP contribution in [0.5, 0.6) is 11.5 Å². The maximum atomic E-state index is 12.5. The Morgan fingerprint density at radius 1 is 1.10 bits per heavy atom. The first kappa shape index (κ1) is 21.2. The van der Waals surface area contributed by atoms with E-state index in [1.807, 2.05) is 24.3 Å². The van der Waals surface area contributed by atoms with Crippen molar-refractivity contribution in [3.8, 4) is 11.5 Å². The van der Waals surface area contributed by atoms with E-state index in [0.29, 0.717) is 34.9 Å². The fourth-order valence-corrected chi connectivity index (χ4v) is 3.33. The Hall–Kier alpha value is -3.48. The average Bonchev–Trinajstić information content (AvgIpc) is 2.74. The van der Waals surface area contributed by atoms with Gasteiger partial charge in [-0.3, -0.25) is 0 Å². The first-order chi connectivity index (χ1) is 14.5. The van der Waals surface area contributed by atoms with Crippen molar-refractivity contribution in [3.63, 3.8) is 0 Å². The number of hydrogen-bond acceptors (Lipinski definition) is 5. The zero-order valence-electron chi connectivity index (χ0n) is 17.4. The lowest BCUT2D eigenvalue weighted by Gasteiger charge is -2.28. The maximum absolute atomic E-state index is 12.5. The van der Waals surface area contributed by atoms with Gasteiger partial charge < -0.3 is 24.8 Å². The highest BCUT2D eigenvalue weighted by atomic mass is 16.5. The number of methoxy groups -OCH3 is 1. The molecule has 2 aromatic rings. The molecule has 1 aliphatic heterocycles. The van der Waals surface area contributed by atoms with Crippen LogP contribution in [0.15, 0.2) is 59.8 Å². The molecular formula is C23H26N2O5. The molecule has 2 N–H and O–H groups in total. The SMILES string of the molecule is CCOC(=O)C1=C(C)NC(=O)N[C@@H]1c1ccc(OCCc2ccccc2)c(OC)c1. The van der Waals surface area contributed by atoms with Crippen LogP contribution in [0.2, 0.25) is 0 Å². The van der Waals surface area contributed by atoms with Crippen molar-refractivity contribution in [2.45, 2.75) is 26.3 Å². The van der Waals surface area contributed by atoms with Gasteiger partial charge in [0, 0.05) is 12.1 Å². The number of carbonyl (C=O) groups excluding carboxylic acids is 2. The highest BCUT2D eigenvalue weighted by Gasteiger charge is 2.32. The minimum absolute atomic E-state index is 0.244. The third-order valence-corrected chi connectivity index (χ3v) is 4.78. The molecule has 1 heterocycles. The van der Waals surface area contributed by atoms with Crippen molar-refractivity contribution >= 4 is 12.0 Å². The lowest BCUT2D eigenvalue weighted by molar-refractivity contribution is -0.139. The standard InChI is InChI=1S/C23H26N2O5/c1-4-29-22(26)20-15(2)24-23(27)25-21(20)17-10-11-18(19(14-17)28-3)30-13-12-16-8-6-5-7-9-16/h5-11,14,21H,4,12-13H2,1-3H3,(H2,24,25,27)/t21-/m1/s1. The Morgan fingerprint density at radius 2 is 1.87 bits per heavy atom.